The summed E-state index contributed by atoms with van der Waals surface area (Å²) in [6, 6.07) is 21.7. The van der Waals surface area contributed by atoms with Crippen molar-refractivity contribution in [1.82, 2.24) is 0 Å². The molecule has 0 aromatic heterocycles. The summed E-state index contributed by atoms with van der Waals surface area (Å²) in [5, 5.41) is 4.07. The summed E-state index contributed by atoms with van der Waals surface area (Å²) < 4.78 is 18.1. The topological polar surface area (TPSA) is 50.7 Å². The van der Waals surface area contributed by atoms with Gasteiger partial charge in [-0.25, -0.2) is 9.18 Å². The quantitative estimate of drug-likeness (QED) is 0.324. The van der Waals surface area contributed by atoms with Gasteiger partial charge < -0.3 is 4.74 Å². The molecule has 0 spiro atoms. The number of carbonyl (C=O) groups is 1. The fourth-order valence-corrected chi connectivity index (χ4v) is 2.07. The Morgan fingerprint density at radius 3 is 2.28 bits per heavy atom. The zero-order chi connectivity index (χ0) is 17.5. The maximum absolute atomic E-state index is 12.8. The van der Waals surface area contributed by atoms with Crippen LogP contribution in [0.5, 0.6) is 5.75 Å². The molecular formula is C20H15FN2O2. The molecule has 124 valence electrons. The van der Waals surface area contributed by atoms with Crippen molar-refractivity contribution in [2.24, 2.45) is 5.10 Å². The van der Waals surface area contributed by atoms with E-state index >= 15 is 0 Å². The van der Waals surface area contributed by atoms with Crippen molar-refractivity contribution in [3.63, 3.8) is 0 Å². The van der Waals surface area contributed by atoms with E-state index in [1.54, 1.807) is 66.9 Å². The highest BCUT2D eigenvalue weighted by Gasteiger charge is 2.07. The number of esters is 1. The standard InChI is InChI=1S/C20H15FN2O2/c21-17-8-10-18(11-9-17)23-22-14-15-6-12-19(13-7-15)25-20(24)16-4-2-1-3-5-16/h1-14,23H/b22-14+. The molecule has 0 aliphatic carbocycles. The third-order valence-corrected chi connectivity index (χ3v) is 3.35. The minimum absolute atomic E-state index is 0.296. The van der Waals surface area contributed by atoms with Crippen molar-refractivity contribution in [3.8, 4) is 5.75 Å². The van der Waals surface area contributed by atoms with Gasteiger partial charge >= 0.3 is 5.97 Å². The van der Waals surface area contributed by atoms with Gasteiger partial charge in [-0.15, -0.1) is 0 Å². The molecule has 0 aliphatic rings. The van der Waals surface area contributed by atoms with Crippen LogP contribution < -0.4 is 10.2 Å². The van der Waals surface area contributed by atoms with Crippen molar-refractivity contribution in [1.29, 1.82) is 0 Å². The summed E-state index contributed by atoms with van der Waals surface area (Å²) in [7, 11) is 0. The molecule has 25 heavy (non-hydrogen) atoms. The molecular weight excluding hydrogens is 319 g/mol. The van der Waals surface area contributed by atoms with E-state index in [9.17, 15) is 9.18 Å². The number of nitrogens with one attached hydrogen (secondary N) is 1. The fourth-order valence-electron chi connectivity index (χ4n) is 2.07. The van der Waals surface area contributed by atoms with E-state index in [0.29, 0.717) is 17.0 Å². The van der Waals surface area contributed by atoms with Crippen LogP contribution in [0.15, 0.2) is 84.0 Å². The summed E-state index contributed by atoms with van der Waals surface area (Å²) in [4.78, 5) is 12.0. The Kier molecular flexibility index (Phi) is 5.16. The lowest BCUT2D eigenvalue weighted by molar-refractivity contribution is 0.0735. The van der Waals surface area contributed by atoms with Crippen molar-refractivity contribution in [2.45, 2.75) is 0 Å². The third-order valence-electron chi connectivity index (χ3n) is 3.35. The van der Waals surface area contributed by atoms with Crippen molar-refractivity contribution < 1.29 is 13.9 Å². The van der Waals surface area contributed by atoms with Crippen LogP contribution in [0.4, 0.5) is 10.1 Å². The van der Waals surface area contributed by atoms with Crippen molar-refractivity contribution >= 4 is 17.9 Å². The van der Waals surface area contributed by atoms with Gasteiger partial charge in [0, 0.05) is 0 Å². The molecule has 0 saturated carbocycles. The minimum atomic E-state index is -0.403. The third kappa shape index (κ3) is 4.75. The second kappa shape index (κ2) is 7.88. The molecule has 0 fully saturated rings. The van der Waals surface area contributed by atoms with Crippen LogP contribution in [-0.4, -0.2) is 12.2 Å². The van der Waals surface area contributed by atoms with Gasteiger partial charge in [-0.3, -0.25) is 5.43 Å². The van der Waals surface area contributed by atoms with Crippen LogP contribution in [0.2, 0.25) is 0 Å². The van der Waals surface area contributed by atoms with Gasteiger partial charge in [0.05, 0.1) is 17.5 Å². The van der Waals surface area contributed by atoms with Gasteiger partial charge in [0.15, 0.2) is 0 Å². The number of halogens is 1. The van der Waals surface area contributed by atoms with E-state index in [0.717, 1.165) is 5.56 Å². The van der Waals surface area contributed by atoms with Gasteiger partial charge in [-0.2, -0.15) is 5.10 Å². The Balaban J connectivity index is 1.57. The van der Waals surface area contributed by atoms with Crippen molar-refractivity contribution in [2.75, 3.05) is 5.43 Å². The molecule has 0 saturated heterocycles. The van der Waals surface area contributed by atoms with E-state index in [4.69, 9.17) is 4.74 Å². The Hall–Kier alpha value is -3.47. The number of hydrogen-bond acceptors (Lipinski definition) is 4. The average molecular weight is 334 g/mol. The number of hydrazone groups is 1. The molecule has 1 N–H and O–H groups in total. The molecule has 0 atom stereocenters. The lowest BCUT2D eigenvalue weighted by atomic mass is 10.2. The lowest BCUT2D eigenvalue weighted by Crippen LogP contribution is -2.08. The molecule has 0 radical (unpaired) electrons. The zero-order valence-electron chi connectivity index (χ0n) is 13.2. The van der Waals surface area contributed by atoms with Crippen molar-refractivity contribution in [3.05, 3.63) is 95.8 Å². The number of benzene rings is 3. The van der Waals surface area contributed by atoms with Gasteiger partial charge in [-0.05, 0) is 66.2 Å². The molecule has 0 heterocycles. The first-order chi connectivity index (χ1) is 12.2. The highest BCUT2D eigenvalue weighted by molar-refractivity contribution is 5.91. The highest BCUT2D eigenvalue weighted by atomic mass is 19.1. The maximum atomic E-state index is 12.8. The number of hydrogen-bond donors (Lipinski definition) is 1. The molecule has 4 nitrogen and oxygen atoms in total. The summed E-state index contributed by atoms with van der Waals surface area (Å²) in [5.74, 6) is -0.243. The molecule has 0 bridgehead atoms. The Morgan fingerprint density at radius 2 is 1.60 bits per heavy atom. The molecule has 0 unspecified atom stereocenters. The van der Waals surface area contributed by atoms with Crippen LogP contribution in [0, 0.1) is 5.82 Å². The fraction of sp³-hybridized carbons (Fsp3) is 0. The van der Waals surface area contributed by atoms with E-state index in [2.05, 4.69) is 10.5 Å². The Bertz CT molecular complexity index is 860. The van der Waals surface area contributed by atoms with E-state index < -0.39 is 5.97 Å². The number of ether oxygens (including phenoxy) is 1. The summed E-state index contributed by atoms with van der Waals surface area (Å²) in [6.07, 6.45) is 1.62. The predicted molar refractivity (Wildman–Crippen MR) is 95.5 cm³/mol. The zero-order valence-corrected chi connectivity index (χ0v) is 13.2. The Labute approximate surface area is 144 Å². The molecule has 0 aliphatic heterocycles. The summed E-state index contributed by atoms with van der Waals surface area (Å²) in [5.41, 5.74) is 4.82. The van der Waals surface area contributed by atoms with E-state index in [1.165, 1.54) is 12.1 Å². The molecule has 3 aromatic rings. The van der Waals surface area contributed by atoms with Gasteiger partial charge in [0.2, 0.25) is 0 Å². The predicted octanol–water partition coefficient (Wildman–Crippen LogP) is 4.49. The molecule has 3 rings (SSSR count). The van der Waals surface area contributed by atoms with Gasteiger partial charge in [-0.1, -0.05) is 18.2 Å². The highest BCUT2D eigenvalue weighted by Crippen LogP contribution is 2.14. The lowest BCUT2D eigenvalue weighted by Gasteiger charge is -2.04. The largest absolute Gasteiger partial charge is 0.423 e. The number of nitrogens with zero attached hydrogens (tertiary/aromatic N) is 1. The van der Waals surface area contributed by atoms with Crippen LogP contribution in [-0.2, 0) is 0 Å². The van der Waals surface area contributed by atoms with Crippen LogP contribution in [0.3, 0.4) is 0 Å². The van der Waals surface area contributed by atoms with Crippen LogP contribution in [0.25, 0.3) is 0 Å². The number of carbonyl (C=O) groups excluding carboxylic acids is 1. The molecule has 0 amide bonds. The van der Waals surface area contributed by atoms with E-state index in [1.807, 2.05) is 6.07 Å². The number of anilines is 1. The minimum Gasteiger partial charge on any atom is -0.423 e. The molecule has 5 heteroatoms. The average Bonchev–Trinajstić information content (AvgIpc) is 2.65. The monoisotopic (exact) mass is 334 g/mol. The second-order valence-corrected chi connectivity index (χ2v) is 5.20. The first kappa shape index (κ1) is 16.4. The first-order valence-electron chi connectivity index (χ1n) is 7.63. The summed E-state index contributed by atoms with van der Waals surface area (Å²) in [6.45, 7) is 0. The smallest absolute Gasteiger partial charge is 0.343 e. The number of rotatable bonds is 5. The SMILES string of the molecule is O=C(Oc1ccc(/C=N/Nc2ccc(F)cc2)cc1)c1ccccc1. The normalized spacial score (nSPS) is 10.6. The Morgan fingerprint density at radius 1 is 0.920 bits per heavy atom. The van der Waals surface area contributed by atoms with Gasteiger partial charge in [0.25, 0.3) is 0 Å². The van der Waals surface area contributed by atoms with Crippen LogP contribution in [0.1, 0.15) is 15.9 Å². The van der Waals surface area contributed by atoms with Gasteiger partial charge in [0.1, 0.15) is 11.6 Å². The van der Waals surface area contributed by atoms with Crippen LogP contribution >= 0.6 is 0 Å². The maximum Gasteiger partial charge on any atom is 0.343 e. The molecule has 3 aromatic carbocycles. The second-order valence-electron chi connectivity index (χ2n) is 5.20. The first-order valence-corrected chi connectivity index (χ1v) is 7.63. The van der Waals surface area contributed by atoms with E-state index in [-0.39, 0.29) is 5.82 Å². The summed E-state index contributed by atoms with van der Waals surface area (Å²) >= 11 is 0.